The van der Waals surface area contributed by atoms with E-state index in [0.29, 0.717) is 0 Å². The summed E-state index contributed by atoms with van der Waals surface area (Å²) < 4.78 is 27.4. The van der Waals surface area contributed by atoms with Crippen LogP contribution in [0.15, 0.2) is 18.2 Å². The summed E-state index contributed by atoms with van der Waals surface area (Å²) in [7, 11) is 0. The van der Waals surface area contributed by atoms with E-state index in [-0.39, 0.29) is 0 Å². The van der Waals surface area contributed by atoms with Crippen LogP contribution in [0.3, 0.4) is 0 Å². The van der Waals surface area contributed by atoms with Gasteiger partial charge in [0.05, 0.1) is 5.56 Å². The third-order valence-corrected chi connectivity index (χ3v) is 2.71. The molecule has 1 N–H and O–H groups in total. The largest absolute Gasteiger partial charge is 0.479 e. The maximum atomic E-state index is 13.7. The monoisotopic (exact) mass is 271 g/mol. The molecular weight excluding hydrogens is 256 g/mol. The van der Waals surface area contributed by atoms with Gasteiger partial charge in [-0.1, -0.05) is 6.07 Å². The predicted octanol–water partition coefficient (Wildman–Crippen LogP) is 2.35. The number of carbonyl (C=O) groups excluding carboxylic acids is 1. The number of rotatable bonds is 4. The number of hydrogen-bond acceptors (Lipinski definition) is 2. The highest BCUT2D eigenvalue weighted by Crippen LogP contribution is 2.28. The molecule has 0 radical (unpaired) electrons. The molecule has 0 heterocycles. The van der Waals surface area contributed by atoms with Gasteiger partial charge in [-0.2, -0.15) is 0 Å². The van der Waals surface area contributed by atoms with E-state index in [4.69, 9.17) is 0 Å². The first-order valence-electron chi connectivity index (χ1n) is 5.73. The first kappa shape index (κ1) is 15.1. The maximum Gasteiger partial charge on any atom is 0.331 e. The summed E-state index contributed by atoms with van der Waals surface area (Å²) in [5, 5.41) is 9.22. The Hall–Kier alpha value is -1.98. The molecular formula is C13H15F2NO3. The Morgan fingerprint density at radius 3 is 2.00 bits per heavy atom. The lowest BCUT2D eigenvalue weighted by Gasteiger charge is -2.32. The van der Waals surface area contributed by atoms with Crippen molar-refractivity contribution < 1.29 is 23.5 Å². The molecule has 0 aliphatic heterocycles. The van der Waals surface area contributed by atoms with Gasteiger partial charge in [0.15, 0.2) is 6.04 Å². The first-order chi connectivity index (χ1) is 8.77. The Morgan fingerprint density at radius 2 is 1.68 bits per heavy atom. The van der Waals surface area contributed by atoms with E-state index in [1.54, 1.807) is 13.8 Å². The van der Waals surface area contributed by atoms with Crippen LogP contribution < -0.4 is 0 Å². The minimum Gasteiger partial charge on any atom is -0.479 e. The Labute approximate surface area is 109 Å². The lowest BCUT2D eigenvalue weighted by atomic mass is 10.0. The van der Waals surface area contributed by atoms with Crippen LogP contribution in [-0.2, 0) is 9.59 Å². The SMILES string of the molecule is CC(=O)N(C(C)C)C(C(=O)O)c1c(F)cccc1F. The second-order valence-electron chi connectivity index (χ2n) is 4.40. The summed E-state index contributed by atoms with van der Waals surface area (Å²) in [6.07, 6.45) is 0. The molecule has 1 amide bonds. The summed E-state index contributed by atoms with van der Waals surface area (Å²) in [5.74, 6) is -4.02. The zero-order chi connectivity index (χ0) is 14.7. The fraction of sp³-hybridized carbons (Fsp3) is 0.385. The molecule has 0 spiro atoms. The van der Waals surface area contributed by atoms with Gasteiger partial charge >= 0.3 is 5.97 Å². The molecule has 19 heavy (non-hydrogen) atoms. The molecule has 6 heteroatoms. The van der Waals surface area contributed by atoms with Gasteiger partial charge in [-0.25, -0.2) is 13.6 Å². The smallest absolute Gasteiger partial charge is 0.331 e. The highest BCUT2D eigenvalue weighted by atomic mass is 19.1. The van der Waals surface area contributed by atoms with Crippen molar-refractivity contribution in [2.45, 2.75) is 32.9 Å². The first-order valence-corrected chi connectivity index (χ1v) is 5.73. The van der Waals surface area contributed by atoms with E-state index < -0.39 is 41.2 Å². The van der Waals surface area contributed by atoms with E-state index >= 15 is 0 Å². The second kappa shape index (κ2) is 5.77. The van der Waals surface area contributed by atoms with Gasteiger partial charge in [0.25, 0.3) is 0 Å². The number of carboxylic acid groups (broad SMARTS) is 1. The Kier molecular flexibility index (Phi) is 4.58. The molecule has 0 bridgehead atoms. The number of nitrogens with zero attached hydrogens (tertiary/aromatic N) is 1. The van der Waals surface area contributed by atoms with Crippen molar-refractivity contribution in [1.29, 1.82) is 0 Å². The molecule has 0 saturated carbocycles. The molecule has 0 saturated heterocycles. The average Bonchev–Trinajstić information content (AvgIpc) is 2.25. The summed E-state index contributed by atoms with van der Waals surface area (Å²) in [6.45, 7) is 4.32. The zero-order valence-electron chi connectivity index (χ0n) is 10.9. The number of aliphatic carboxylic acids is 1. The highest BCUT2D eigenvalue weighted by molar-refractivity contribution is 5.83. The average molecular weight is 271 g/mol. The highest BCUT2D eigenvalue weighted by Gasteiger charge is 2.35. The van der Waals surface area contributed by atoms with Crippen LogP contribution in [-0.4, -0.2) is 27.9 Å². The Morgan fingerprint density at radius 1 is 1.21 bits per heavy atom. The van der Waals surface area contributed by atoms with Gasteiger partial charge in [-0.3, -0.25) is 4.79 Å². The van der Waals surface area contributed by atoms with Crippen molar-refractivity contribution in [3.05, 3.63) is 35.4 Å². The molecule has 1 aromatic rings. The third-order valence-electron chi connectivity index (χ3n) is 2.71. The number of hydrogen-bond donors (Lipinski definition) is 1. The number of carbonyl (C=O) groups is 2. The van der Waals surface area contributed by atoms with E-state index in [1.165, 1.54) is 0 Å². The van der Waals surface area contributed by atoms with Crippen LogP contribution in [0, 0.1) is 11.6 Å². The molecule has 1 aromatic carbocycles. The standard InChI is InChI=1S/C13H15F2NO3/c1-7(2)16(8(3)17)12(13(18)19)11-9(14)5-4-6-10(11)15/h4-7,12H,1-3H3,(H,18,19). The number of amides is 1. The summed E-state index contributed by atoms with van der Waals surface area (Å²) in [6, 6.07) is 0.886. The van der Waals surface area contributed by atoms with Crippen LogP contribution in [0.25, 0.3) is 0 Å². The normalized spacial score (nSPS) is 12.3. The molecule has 0 aliphatic carbocycles. The van der Waals surface area contributed by atoms with E-state index in [9.17, 15) is 23.5 Å². The zero-order valence-corrected chi connectivity index (χ0v) is 10.9. The molecule has 0 aliphatic rings. The fourth-order valence-corrected chi connectivity index (χ4v) is 2.00. The number of carboxylic acids is 1. The van der Waals surface area contributed by atoms with Crippen molar-refractivity contribution in [2.75, 3.05) is 0 Å². The van der Waals surface area contributed by atoms with E-state index in [0.717, 1.165) is 30.0 Å². The maximum absolute atomic E-state index is 13.7. The minimum atomic E-state index is -1.68. The van der Waals surface area contributed by atoms with Gasteiger partial charge in [-0.05, 0) is 26.0 Å². The molecule has 4 nitrogen and oxygen atoms in total. The molecule has 1 unspecified atom stereocenters. The lowest BCUT2D eigenvalue weighted by molar-refractivity contribution is -0.151. The minimum absolute atomic E-state index is 0.502. The third kappa shape index (κ3) is 3.07. The number of benzene rings is 1. The van der Waals surface area contributed by atoms with Crippen molar-refractivity contribution in [2.24, 2.45) is 0 Å². The van der Waals surface area contributed by atoms with Crippen LogP contribution in [0.2, 0.25) is 0 Å². The van der Waals surface area contributed by atoms with Crippen LogP contribution in [0.5, 0.6) is 0 Å². The fourth-order valence-electron chi connectivity index (χ4n) is 2.00. The van der Waals surface area contributed by atoms with Crippen LogP contribution >= 0.6 is 0 Å². The summed E-state index contributed by atoms with van der Waals surface area (Å²) in [5.41, 5.74) is -0.626. The van der Waals surface area contributed by atoms with E-state index in [2.05, 4.69) is 0 Å². The molecule has 1 atom stereocenters. The predicted molar refractivity (Wildman–Crippen MR) is 64.4 cm³/mol. The van der Waals surface area contributed by atoms with Crippen molar-refractivity contribution in [3.8, 4) is 0 Å². The molecule has 104 valence electrons. The molecule has 1 rings (SSSR count). The van der Waals surface area contributed by atoms with Gasteiger partial charge in [-0.15, -0.1) is 0 Å². The van der Waals surface area contributed by atoms with Gasteiger partial charge < -0.3 is 10.0 Å². The van der Waals surface area contributed by atoms with Gasteiger partial charge in [0, 0.05) is 13.0 Å². The Balaban J connectivity index is 3.43. The van der Waals surface area contributed by atoms with E-state index in [1.807, 2.05) is 0 Å². The molecule has 0 fully saturated rings. The summed E-state index contributed by atoms with van der Waals surface area (Å²) >= 11 is 0. The quantitative estimate of drug-likeness (QED) is 0.914. The Bertz CT molecular complexity index is 482. The van der Waals surface area contributed by atoms with Gasteiger partial charge in [0.2, 0.25) is 5.91 Å². The van der Waals surface area contributed by atoms with Crippen molar-refractivity contribution in [1.82, 2.24) is 4.90 Å². The van der Waals surface area contributed by atoms with Crippen molar-refractivity contribution >= 4 is 11.9 Å². The van der Waals surface area contributed by atoms with Crippen LogP contribution in [0.1, 0.15) is 32.4 Å². The molecule has 0 aromatic heterocycles. The van der Waals surface area contributed by atoms with Crippen LogP contribution in [0.4, 0.5) is 8.78 Å². The number of halogens is 2. The topological polar surface area (TPSA) is 57.6 Å². The van der Waals surface area contributed by atoms with Crippen molar-refractivity contribution in [3.63, 3.8) is 0 Å². The second-order valence-corrected chi connectivity index (χ2v) is 4.40. The van der Waals surface area contributed by atoms with Gasteiger partial charge in [0.1, 0.15) is 11.6 Å². The summed E-state index contributed by atoms with van der Waals surface area (Å²) in [4.78, 5) is 23.8. The lowest BCUT2D eigenvalue weighted by Crippen LogP contribution is -2.43.